The highest BCUT2D eigenvalue weighted by molar-refractivity contribution is 7.99. The van der Waals surface area contributed by atoms with Crippen LogP contribution >= 0.6 is 11.8 Å². The smallest absolute Gasteiger partial charge is 0.453 e. The van der Waals surface area contributed by atoms with Gasteiger partial charge >= 0.3 is 12.1 Å². The highest BCUT2D eigenvalue weighted by atomic mass is 32.2. The Hall–Kier alpha value is -2.24. The molecule has 11 heteroatoms. The number of benzene rings is 2. The first-order valence-electron chi connectivity index (χ1n) is 15.3. The normalized spacial score (nSPS) is 16.8. The van der Waals surface area contributed by atoms with Gasteiger partial charge in [-0.25, -0.2) is 0 Å². The molecule has 0 amide bonds. The molecular weight excluding hydrogens is 603 g/mol. The zero-order valence-electron chi connectivity index (χ0n) is 25.6. The van der Waals surface area contributed by atoms with E-state index in [9.17, 15) is 22.0 Å². The molecule has 0 saturated carbocycles. The second-order valence-corrected chi connectivity index (χ2v) is 12.3. The first kappa shape index (κ1) is 36.2. The van der Waals surface area contributed by atoms with Crippen LogP contribution in [0.25, 0.3) is 0 Å². The van der Waals surface area contributed by atoms with Gasteiger partial charge < -0.3 is 23.7 Å². The first-order chi connectivity index (χ1) is 21.2. The molecule has 44 heavy (non-hydrogen) atoms. The van der Waals surface area contributed by atoms with Gasteiger partial charge in [0.15, 0.2) is 13.6 Å². The van der Waals surface area contributed by atoms with Crippen LogP contribution in [-0.2, 0) is 9.47 Å². The van der Waals surface area contributed by atoms with E-state index in [4.69, 9.17) is 23.7 Å². The van der Waals surface area contributed by atoms with Crippen LogP contribution < -0.4 is 14.2 Å². The number of fused-ring (bicyclic) bond motifs is 1. The molecule has 1 aliphatic heterocycles. The lowest BCUT2D eigenvalue weighted by Crippen LogP contribution is -2.36. The number of thioether (sulfide) groups is 1. The van der Waals surface area contributed by atoms with Crippen molar-refractivity contribution in [2.24, 2.45) is 0 Å². The van der Waals surface area contributed by atoms with E-state index < -0.39 is 18.5 Å². The molecule has 2 aromatic carbocycles. The highest BCUT2D eigenvalue weighted by Gasteiger charge is 2.56. The molecule has 0 bridgehead atoms. The predicted molar refractivity (Wildman–Crippen MR) is 163 cm³/mol. The first-order valence-corrected chi connectivity index (χ1v) is 16.4. The van der Waals surface area contributed by atoms with Gasteiger partial charge in [-0.1, -0.05) is 56.7 Å². The van der Waals surface area contributed by atoms with E-state index >= 15 is 0 Å². The van der Waals surface area contributed by atoms with Gasteiger partial charge in [-0.05, 0) is 66.0 Å². The van der Waals surface area contributed by atoms with E-state index in [1.807, 2.05) is 24.3 Å². The molecule has 0 aromatic heterocycles. The van der Waals surface area contributed by atoms with Crippen LogP contribution in [0.3, 0.4) is 0 Å². The van der Waals surface area contributed by atoms with E-state index in [0.717, 1.165) is 68.6 Å². The van der Waals surface area contributed by atoms with Crippen molar-refractivity contribution in [1.29, 1.82) is 0 Å². The lowest BCUT2D eigenvalue weighted by molar-refractivity contribution is -0.284. The highest BCUT2D eigenvalue weighted by Crippen LogP contribution is 2.46. The summed E-state index contributed by atoms with van der Waals surface area (Å²) in [7, 11) is 3.18. The monoisotopic (exact) mass is 648 g/mol. The minimum absolute atomic E-state index is 0.132. The number of hydrogen-bond donors (Lipinski definition) is 0. The SMILES string of the molecule is COCOc1ccc([C@H]2COc3cc(OCOC)ccc3[C@H]2CCCCCCCCCSCCCC(F)(F)C(F)(F)F)cc1. The van der Waals surface area contributed by atoms with Crippen molar-refractivity contribution < 1.29 is 45.6 Å². The molecule has 5 nitrogen and oxygen atoms in total. The summed E-state index contributed by atoms with van der Waals surface area (Å²) in [6, 6.07) is 14.1. The third kappa shape index (κ3) is 11.6. The van der Waals surface area contributed by atoms with Crippen molar-refractivity contribution in [2.75, 3.05) is 45.9 Å². The molecule has 0 radical (unpaired) electrons. The van der Waals surface area contributed by atoms with Gasteiger partial charge in [0.2, 0.25) is 0 Å². The van der Waals surface area contributed by atoms with Gasteiger partial charge in [-0.3, -0.25) is 0 Å². The largest absolute Gasteiger partial charge is 0.492 e. The summed E-state index contributed by atoms with van der Waals surface area (Å²) in [6.07, 6.45) is 1.87. The number of rotatable bonds is 21. The molecule has 3 rings (SSSR count). The summed E-state index contributed by atoms with van der Waals surface area (Å²) < 4.78 is 90.0. The van der Waals surface area contributed by atoms with Crippen molar-refractivity contribution >= 4 is 11.8 Å². The van der Waals surface area contributed by atoms with E-state index in [0.29, 0.717) is 24.0 Å². The molecule has 1 aliphatic rings. The fourth-order valence-electron chi connectivity index (χ4n) is 5.39. The van der Waals surface area contributed by atoms with Gasteiger partial charge in [-0.2, -0.15) is 33.7 Å². The summed E-state index contributed by atoms with van der Waals surface area (Å²) in [5, 5.41) is 0. The Labute approximate surface area is 262 Å². The van der Waals surface area contributed by atoms with Crippen LogP contribution in [-0.4, -0.2) is 58.0 Å². The van der Waals surface area contributed by atoms with Crippen molar-refractivity contribution in [2.45, 2.75) is 88.1 Å². The van der Waals surface area contributed by atoms with Crippen LogP contribution in [0.5, 0.6) is 17.2 Å². The number of ether oxygens (including phenoxy) is 5. The van der Waals surface area contributed by atoms with Gasteiger partial charge in [0.25, 0.3) is 0 Å². The minimum atomic E-state index is -5.45. The Balaban J connectivity index is 1.41. The quantitative estimate of drug-likeness (QED) is 0.0763. The fraction of sp³-hybridized carbons (Fsp3) is 0.636. The number of methoxy groups -OCH3 is 2. The Morgan fingerprint density at radius 3 is 2.00 bits per heavy atom. The molecule has 0 N–H and O–H groups in total. The standard InChI is InChI=1S/C33H45F5O5S/c1-39-23-42-26-14-12-25(13-15-26)30-22-41-31-21-27(43-24-40-2)16-17-29(31)28(30)11-8-6-4-3-5-7-9-19-44-20-10-18-32(34,35)33(36,37)38/h12-17,21,28,30H,3-11,18-20,22-24H2,1-2H3/t28-,30-/m1/s1. The molecule has 0 unspecified atom stereocenters. The van der Waals surface area contributed by atoms with Crippen molar-refractivity contribution in [3.8, 4) is 17.2 Å². The average molecular weight is 649 g/mol. The van der Waals surface area contributed by atoms with Crippen LogP contribution in [0, 0.1) is 0 Å². The van der Waals surface area contributed by atoms with Crippen molar-refractivity contribution in [3.05, 3.63) is 53.6 Å². The number of unbranched alkanes of at least 4 members (excludes halogenated alkanes) is 6. The Morgan fingerprint density at radius 2 is 1.34 bits per heavy atom. The van der Waals surface area contributed by atoms with Gasteiger partial charge in [-0.15, -0.1) is 0 Å². The molecule has 0 spiro atoms. The van der Waals surface area contributed by atoms with Gasteiger partial charge in [0.1, 0.15) is 17.2 Å². The Kier molecular flexibility index (Phi) is 15.4. The second kappa shape index (κ2) is 18.7. The fourth-order valence-corrected chi connectivity index (χ4v) is 6.35. The average Bonchev–Trinajstić information content (AvgIpc) is 3.00. The third-order valence-electron chi connectivity index (χ3n) is 7.78. The zero-order chi connectivity index (χ0) is 31.8. The van der Waals surface area contributed by atoms with E-state index in [2.05, 4.69) is 18.2 Å². The molecule has 0 saturated heterocycles. The second-order valence-electron chi connectivity index (χ2n) is 11.1. The predicted octanol–water partition coefficient (Wildman–Crippen LogP) is 9.74. The maximum Gasteiger partial charge on any atom is 0.453 e. The summed E-state index contributed by atoms with van der Waals surface area (Å²) >= 11 is 1.46. The number of hydrogen-bond acceptors (Lipinski definition) is 6. The van der Waals surface area contributed by atoms with E-state index in [1.54, 1.807) is 14.2 Å². The number of halogens is 5. The lowest BCUT2D eigenvalue weighted by atomic mass is 9.77. The van der Waals surface area contributed by atoms with Crippen LogP contribution in [0.2, 0.25) is 0 Å². The molecular formula is C33H45F5O5S. The van der Waals surface area contributed by atoms with Crippen molar-refractivity contribution in [3.63, 3.8) is 0 Å². The van der Waals surface area contributed by atoms with Crippen LogP contribution in [0.15, 0.2) is 42.5 Å². The molecule has 0 fully saturated rings. The topological polar surface area (TPSA) is 46.2 Å². The molecule has 2 atom stereocenters. The van der Waals surface area contributed by atoms with Crippen molar-refractivity contribution in [1.82, 2.24) is 0 Å². The summed E-state index contributed by atoms with van der Waals surface area (Å²) in [4.78, 5) is 0. The van der Waals surface area contributed by atoms with Crippen LogP contribution in [0.1, 0.15) is 87.2 Å². The van der Waals surface area contributed by atoms with Crippen LogP contribution in [0.4, 0.5) is 22.0 Å². The number of alkyl halides is 5. The van der Waals surface area contributed by atoms with Gasteiger partial charge in [0, 0.05) is 32.6 Å². The summed E-state index contributed by atoms with van der Waals surface area (Å²) in [6.45, 7) is 0.951. The summed E-state index contributed by atoms with van der Waals surface area (Å²) in [5.74, 6) is -0.633. The molecule has 0 aliphatic carbocycles. The Bertz CT molecular complexity index is 1080. The minimum Gasteiger partial charge on any atom is -0.492 e. The molecule has 1 heterocycles. The maximum absolute atomic E-state index is 12.9. The lowest BCUT2D eigenvalue weighted by Gasteiger charge is -2.34. The zero-order valence-corrected chi connectivity index (χ0v) is 26.5. The molecule has 248 valence electrons. The third-order valence-corrected chi connectivity index (χ3v) is 8.94. The Morgan fingerprint density at radius 1 is 0.750 bits per heavy atom. The van der Waals surface area contributed by atoms with E-state index in [1.165, 1.54) is 22.9 Å². The van der Waals surface area contributed by atoms with Gasteiger partial charge in [0.05, 0.1) is 6.61 Å². The maximum atomic E-state index is 12.9. The molecule has 2 aromatic rings. The summed E-state index contributed by atoms with van der Waals surface area (Å²) in [5.41, 5.74) is 2.39. The van der Waals surface area contributed by atoms with E-state index in [-0.39, 0.29) is 25.9 Å².